The molecule has 0 N–H and O–H groups in total. The second-order valence-electron chi connectivity index (χ2n) is 9.11. The van der Waals surface area contributed by atoms with E-state index in [1.54, 1.807) is 6.92 Å². The highest BCUT2D eigenvalue weighted by atomic mass is 16.1. The highest BCUT2D eigenvalue weighted by molar-refractivity contribution is 5.87. The Morgan fingerprint density at radius 2 is 1.71 bits per heavy atom. The second kappa shape index (κ2) is 6.32. The summed E-state index contributed by atoms with van der Waals surface area (Å²) < 4.78 is 0. The van der Waals surface area contributed by atoms with Gasteiger partial charge in [0, 0.05) is 24.7 Å². The van der Waals surface area contributed by atoms with Gasteiger partial charge in [0.1, 0.15) is 11.6 Å². The van der Waals surface area contributed by atoms with Crippen LogP contribution >= 0.6 is 0 Å². The van der Waals surface area contributed by atoms with Crippen LogP contribution in [-0.2, 0) is 9.59 Å². The summed E-state index contributed by atoms with van der Waals surface area (Å²) in [6, 6.07) is 0. The molecular formula is C22H32O2. The molecule has 0 heterocycles. The van der Waals surface area contributed by atoms with Crippen LogP contribution in [0.3, 0.4) is 0 Å². The molecular weight excluding hydrogens is 296 g/mol. The molecule has 0 bridgehead atoms. The van der Waals surface area contributed by atoms with E-state index in [1.807, 2.05) is 0 Å². The van der Waals surface area contributed by atoms with Crippen LogP contribution < -0.4 is 0 Å². The number of carbonyl (C=O) groups is 2. The number of fused-ring (bicyclic) bond motifs is 5. The van der Waals surface area contributed by atoms with Gasteiger partial charge in [-0.05, 0) is 74.5 Å². The van der Waals surface area contributed by atoms with E-state index >= 15 is 0 Å². The number of ketones is 2. The van der Waals surface area contributed by atoms with E-state index in [0.717, 1.165) is 50.4 Å². The lowest BCUT2D eigenvalue weighted by Gasteiger charge is -2.59. The van der Waals surface area contributed by atoms with Crippen LogP contribution in [0, 0.1) is 46.8 Å². The molecule has 0 aromatic heterocycles. The summed E-state index contributed by atoms with van der Waals surface area (Å²) in [7, 11) is 0. The Bertz CT molecular complexity index is 571. The summed E-state index contributed by atoms with van der Waals surface area (Å²) in [4.78, 5) is 24.2. The summed E-state index contributed by atoms with van der Waals surface area (Å²) in [6.07, 6.45) is 14.1. The highest BCUT2D eigenvalue weighted by Gasteiger charge is 2.60. The van der Waals surface area contributed by atoms with Crippen molar-refractivity contribution in [2.24, 2.45) is 34.5 Å². The van der Waals surface area contributed by atoms with E-state index < -0.39 is 0 Å². The molecule has 0 saturated heterocycles. The summed E-state index contributed by atoms with van der Waals surface area (Å²) in [5, 5.41) is 0. The smallest absolute Gasteiger partial charge is 0.139 e. The average molecular weight is 328 g/mol. The zero-order valence-corrected chi connectivity index (χ0v) is 15.6. The molecule has 0 aliphatic heterocycles. The molecule has 6 unspecified atom stereocenters. The van der Waals surface area contributed by atoms with Gasteiger partial charge in [-0.1, -0.05) is 13.8 Å². The third kappa shape index (κ3) is 2.56. The Kier molecular flexibility index (Phi) is 4.67. The highest BCUT2D eigenvalue weighted by Crippen LogP contribution is 2.65. The minimum Gasteiger partial charge on any atom is -0.300 e. The van der Waals surface area contributed by atoms with Crippen molar-refractivity contribution in [2.75, 3.05) is 0 Å². The molecule has 0 radical (unpaired) electrons. The van der Waals surface area contributed by atoms with Crippen molar-refractivity contribution >= 4 is 11.6 Å². The molecule has 4 rings (SSSR count). The van der Waals surface area contributed by atoms with Crippen molar-refractivity contribution in [1.82, 2.24) is 0 Å². The Morgan fingerprint density at radius 3 is 2.42 bits per heavy atom. The first-order valence-electron chi connectivity index (χ1n) is 9.79. The number of rotatable bonds is 0. The molecule has 4 aliphatic rings. The number of terminal acetylenes is 1. The molecule has 0 amide bonds. The van der Waals surface area contributed by atoms with Gasteiger partial charge >= 0.3 is 0 Å². The summed E-state index contributed by atoms with van der Waals surface area (Å²) in [6.45, 7) is 6.38. The topological polar surface area (TPSA) is 34.1 Å². The van der Waals surface area contributed by atoms with Crippen LogP contribution in [0.1, 0.15) is 78.6 Å². The van der Waals surface area contributed by atoms with Gasteiger partial charge in [0.05, 0.1) is 0 Å². The van der Waals surface area contributed by atoms with E-state index in [-0.39, 0.29) is 5.41 Å². The zero-order chi connectivity index (χ0) is 17.5. The maximum atomic E-state index is 12.4. The molecule has 0 spiro atoms. The average Bonchev–Trinajstić information content (AvgIpc) is 2.84. The van der Waals surface area contributed by atoms with E-state index in [4.69, 9.17) is 0 Å². The van der Waals surface area contributed by atoms with Gasteiger partial charge in [-0.3, -0.25) is 9.59 Å². The number of hydrogen-bond acceptors (Lipinski definition) is 2. The molecule has 4 aliphatic carbocycles. The lowest BCUT2D eigenvalue weighted by atomic mass is 9.45. The molecule has 24 heavy (non-hydrogen) atoms. The fourth-order valence-electron chi connectivity index (χ4n) is 6.82. The molecule has 4 saturated carbocycles. The van der Waals surface area contributed by atoms with Crippen molar-refractivity contribution in [3.05, 3.63) is 0 Å². The van der Waals surface area contributed by atoms with Crippen LogP contribution in [-0.4, -0.2) is 11.6 Å². The summed E-state index contributed by atoms with van der Waals surface area (Å²) in [5.41, 5.74) is 0.374. The van der Waals surface area contributed by atoms with Crippen LogP contribution in [0.15, 0.2) is 0 Å². The third-order valence-corrected chi connectivity index (χ3v) is 8.19. The molecule has 132 valence electrons. The zero-order valence-electron chi connectivity index (χ0n) is 15.6. The molecule has 4 fully saturated rings. The van der Waals surface area contributed by atoms with E-state index in [0.29, 0.717) is 28.8 Å². The first kappa shape index (κ1) is 17.7. The van der Waals surface area contributed by atoms with Crippen molar-refractivity contribution < 1.29 is 9.59 Å². The van der Waals surface area contributed by atoms with Gasteiger partial charge in [-0.25, -0.2) is 0 Å². The summed E-state index contributed by atoms with van der Waals surface area (Å²) in [5.74, 6) is 6.07. The Labute approximate surface area is 147 Å². The second-order valence-corrected chi connectivity index (χ2v) is 9.11. The molecule has 0 aromatic carbocycles. The van der Waals surface area contributed by atoms with Crippen LogP contribution in [0.4, 0.5) is 0 Å². The molecule has 2 nitrogen and oxygen atoms in total. The number of carbonyl (C=O) groups excluding carboxylic acids is 2. The van der Waals surface area contributed by atoms with Crippen molar-refractivity contribution in [3.63, 3.8) is 0 Å². The van der Waals surface area contributed by atoms with Gasteiger partial charge in [0.15, 0.2) is 0 Å². The summed E-state index contributed by atoms with van der Waals surface area (Å²) >= 11 is 0. The van der Waals surface area contributed by atoms with Crippen molar-refractivity contribution in [3.8, 4) is 12.3 Å². The maximum Gasteiger partial charge on any atom is 0.139 e. The van der Waals surface area contributed by atoms with E-state index in [2.05, 4.69) is 26.2 Å². The molecule has 0 aromatic rings. The van der Waals surface area contributed by atoms with Crippen molar-refractivity contribution in [2.45, 2.75) is 78.6 Å². The lowest BCUT2D eigenvalue weighted by molar-refractivity contribution is -0.144. The first-order valence-corrected chi connectivity index (χ1v) is 9.79. The van der Waals surface area contributed by atoms with E-state index in [1.165, 1.54) is 19.3 Å². The first-order chi connectivity index (χ1) is 11.4. The lowest BCUT2D eigenvalue weighted by Crippen LogP contribution is -2.53. The normalized spacial score (nSPS) is 46.8. The molecule has 6 atom stereocenters. The fourth-order valence-corrected chi connectivity index (χ4v) is 6.82. The monoisotopic (exact) mass is 328 g/mol. The minimum atomic E-state index is -0.00511. The van der Waals surface area contributed by atoms with Gasteiger partial charge in [-0.15, -0.1) is 12.3 Å². The van der Waals surface area contributed by atoms with Crippen molar-refractivity contribution in [1.29, 1.82) is 0 Å². The van der Waals surface area contributed by atoms with Crippen LogP contribution in [0.2, 0.25) is 0 Å². The number of hydrogen-bond donors (Lipinski definition) is 0. The van der Waals surface area contributed by atoms with Gasteiger partial charge in [0.2, 0.25) is 0 Å². The Morgan fingerprint density at radius 1 is 1.00 bits per heavy atom. The molecule has 2 heteroatoms. The van der Waals surface area contributed by atoms with E-state index in [9.17, 15) is 9.59 Å². The predicted octanol–water partition coefficient (Wildman–Crippen LogP) is 4.81. The SMILES string of the molecule is C#CC.CC12CCC3C(CCC4CC(=O)CCC43C)C1CCC2=O. The largest absolute Gasteiger partial charge is 0.300 e. The van der Waals surface area contributed by atoms with Crippen LogP contribution in [0.25, 0.3) is 0 Å². The Balaban J connectivity index is 0.000000526. The number of Topliss-reactive ketones (excluding diaryl/α,β-unsaturated/α-hetero) is 2. The minimum absolute atomic E-state index is 0.00511. The van der Waals surface area contributed by atoms with Gasteiger partial charge in [0.25, 0.3) is 0 Å². The Hall–Kier alpha value is -1.10. The standard InChI is InChI=1S/C19H28O2.C3H4/c1-18-9-7-13(20)11-12(18)3-4-14-15-5-6-17(21)19(15,2)10-8-16(14)18;1-3-2/h12,14-16H,3-11H2,1-2H3;1H,2H3. The quantitative estimate of drug-likeness (QED) is 0.598. The van der Waals surface area contributed by atoms with Crippen LogP contribution in [0.5, 0.6) is 0 Å². The third-order valence-electron chi connectivity index (χ3n) is 8.19. The van der Waals surface area contributed by atoms with Gasteiger partial charge < -0.3 is 0 Å². The van der Waals surface area contributed by atoms with Gasteiger partial charge in [-0.2, -0.15) is 0 Å². The maximum absolute atomic E-state index is 12.4. The predicted molar refractivity (Wildman–Crippen MR) is 96.2 cm³/mol. The fraction of sp³-hybridized carbons (Fsp3) is 0.818.